The molecule has 0 aromatic heterocycles. The number of guanidine groups is 1. The molecule has 3 heterocycles. The van der Waals surface area contributed by atoms with Gasteiger partial charge in [0.2, 0.25) is 17.8 Å². The number of anilines is 2. The molecule has 0 saturated carbocycles. The second-order valence-corrected chi connectivity index (χ2v) is 9.80. The molecule has 9 heteroatoms. The highest BCUT2D eigenvalue weighted by Crippen LogP contribution is 2.30. The van der Waals surface area contributed by atoms with Crippen LogP contribution in [0.25, 0.3) is 0 Å². The molecule has 0 aliphatic carbocycles. The molecule has 0 radical (unpaired) electrons. The number of para-hydroxylation sites is 1. The molecular formula is C28H34N6O3. The van der Waals surface area contributed by atoms with Gasteiger partial charge in [0.1, 0.15) is 6.04 Å². The predicted molar refractivity (Wildman–Crippen MR) is 144 cm³/mol. The van der Waals surface area contributed by atoms with E-state index in [1.807, 2.05) is 23.1 Å². The number of amides is 3. The van der Waals surface area contributed by atoms with Crippen molar-refractivity contribution >= 4 is 35.1 Å². The lowest BCUT2D eigenvalue weighted by atomic mass is 10.1. The van der Waals surface area contributed by atoms with Crippen LogP contribution in [-0.2, 0) is 16.0 Å². The zero-order valence-electron chi connectivity index (χ0n) is 21.0. The maximum Gasteiger partial charge on any atom is 0.257 e. The van der Waals surface area contributed by atoms with Gasteiger partial charge >= 0.3 is 0 Å². The van der Waals surface area contributed by atoms with E-state index in [9.17, 15) is 14.4 Å². The van der Waals surface area contributed by atoms with Gasteiger partial charge in [-0.1, -0.05) is 30.3 Å². The second kappa shape index (κ2) is 11.5. The van der Waals surface area contributed by atoms with E-state index in [-0.39, 0.29) is 30.2 Å². The summed E-state index contributed by atoms with van der Waals surface area (Å²) < 4.78 is 0. The van der Waals surface area contributed by atoms with Gasteiger partial charge in [-0.25, -0.2) is 4.99 Å². The summed E-state index contributed by atoms with van der Waals surface area (Å²) in [4.78, 5) is 47.6. The summed E-state index contributed by atoms with van der Waals surface area (Å²) in [7, 11) is 0. The molecule has 3 N–H and O–H groups in total. The highest BCUT2D eigenvalue weighted by molar-refractivity contribution is 6.11. The van der Waals surface area contributed by atoms with Crippen molar-refractivity contribution in [2.75, 3.05) is 43.4 Å². The smallest absolute Gasteiger partial charge is 0.257 e. The van der Waals surface area contributed by atoms with Crippen molar-refractivity contribution in [2.45, 2.75) is 44.6 Å². The monoisotopic (exact) mass is 502 g/mol. The normalized spacial score (nSPS) is 19.7. The molecule has 3 aliphatic rings. The minimum absolute atomic E-state index is 0.00266. The molecule has 2 aromatic carbocycles. The Hall–Kier alpha value is -3.88. The lowest BCUT2D eigenvalue weighted by Gasteiger charge is -2.25. The molecule has 2 fully saturated rings. The molecule has 9 nitrogen and oxygen atoms in total. The molecular weight excluding hydrogens is 468 g/mol. The zero-order valence-corrected chi connectivity index (χ0v) is 21.0. The number of fused-ring (bicyclic) bond motifs is 1. The summed E-state index contributed by atoms with van der Waals surface area (Å²) in [5.41, 5.74) is 3.47. The molecule has 1 atom stereocenters. The minimum Gasteiger partial charge on any atom is -0.383 e. The Morgan fingerprint density at radius 2 is 1.76 bits per heavy atom. The van der Waals surface area contributed by atoms with Crippen molar-refractivity contribution in [1.82, 2.24) is 15.1 Å². The number of rotatable bonds is 5. The van der Waals surface area contributed by atoms with Gasteiger partial charge in [-0.15, -0.1) is 0 Å². The zero-order chi connectivity index (χ0) is 25.6. The van der Waals surface area contributed by atoms with Gasteiger partial charge in [-0.05, 0) is 62.3 Å². The van der Waals surface area contributed by atoms with Crippen molar-refractivity contribution in [1.29, 1.82) is 0 Å². The van der Waals surface area contributed by atoms with Crippen molar-refractivity contribution < 1.29 is 14.4 Å². The molecule has 2 aromatic rings. The Kier molecular flexibility index (Phi) is 7.67. The van der Waals surface area contributed by atoms with Crippen LogP contribution >= 0.6 is 0 Å². The number of carbonyl (C=O) groups excluding carboxylic acids is 3. The van der Waals surface area contributed by atoms with E-state index in [0.29, 0.717) is 18.5 Å². The molecule has 2 saturated heterocycles. The standard InChI is InChI=1S/C28H34N6O3/c35-24(33-16-6-7-17-33)19-34-18-5-4-12-23(27(34)37)31-28(32-26(36)21-9-2-1-3-10-21)30-22-13-8-11-20-14-15-29-25(20)22/h1-3,8-11,13,23,29H,4-7,12,14-19H2,(H2,30,31,32,36)/t23-/m0/s1. The summed E-state index contributed by atoms with van der Waals surface area (Å²) in [5, 5.41) is 9.56. The number of aliphatic imine (C=N–C) groups is 1. The van der Waals surface area contributed by atoms with Gasteiger partial charge < -0.3 is 20.4 Å². The molecule has 3 aliphatic heterocycles. The number of hydrogen-bond acceptors (Lipinski definition) is 5. The van der Waals surface area contributed by atoms with Gasteiger partial charge in [0.15, 0.2) is 0 Å². The summed E-state index contributed by atoms with van der Waals surface area (Å²) in [6.45, 7) is 2.99. The Labute approximate surface area is 217 Å². The van der Waals surface area contributed by atoms with Gasteiger partial charge in [-0.3, -0.25) is 19.7 Å². The van der Waals surface area contributed by atoms with Gasteiger partial charge in [0, 0.05) is 31.7 Å². The third kappa shape index (κ3) is 5.93. The van der Waals surface area contributed by atoms with E-state index in [0.717, 1.165) is 63.1 Å². The Balaban J connectivity index is 1.39. The maximum atomic E-state index is 13.5. The first-order chi connectivity index (χ1) is 18.1. The van der Waals surface area contributed by atoms with Crippen LogP contribution < -0.4 is 16.0 Å². The highest BCUT2D eigenvalue weighted by Gasteiger charge is 2.30. The van der Waals surface area contributed by atoms with Crippen LogP contribution in [0.5, 0.6) is 0 Å². The van der Waals surface area contributed by atoms with Gasteiger partial charge in [-0.2, -0.15) is 0 Å². The summed E-state index contributed by atoms with van der Waals surface area (Å²) in [5.74, 6) is -0.261. The van der Waals surface area contributed by atoms with Crippen LogP contribution in [0.15, 0.2) is 53.5 Å². The molecule has 0 unspecified atom stereocenters. The van der Waals surface area contributed by atoms with Crippen molar-refractivity contribution in [3.63, 3.8) is 0 Å². The maximum absolute atomic E-state index is 13.5. The van der Waals surface area contributed by atoms with Crippen molar-refractivity contribution in [3.8, 4) is 0 Å². The number of carbonyl (C=O) groups is 3. The quantitative estimate of drug-likeness (QED) is 0.431. The van der Waals surface area contributed by atoms with E-state index >= 15 is 0 Å². The predicted octanol–water partition coefficient (Wildman–Crippen LogP) is 2.86. The molecule has 5 rings (SSSR count). The van der Waals surface area contributed by atoms with Crippen LogP contribution in [0.3, 0.4) is 0 Å². The SMILES string of the molecule is O=C(NC(=N[C@H]1CCCCN(CC(=O)N2CCCC2)C1=O)Nc1cccc2c1NCC2)c1ccccc1. The highest BCUT2D eigenvalue weighted by atomic mass is 16.2. The van der Waals surface area contributed by atoms with Gasteiger partial charge in [0.05, 0.1) is 17.9 Å². The lowest BCUT2D eigenvalue weighted by molar-refractivity contribution is -0.140. The Morgan fingerprint density at radius 3 is 2.57 bits per heavy atom. The molecule has 194 valence electrons. The number of benzene rings is 2. The van der Waals surface area contributed by atoms with Crippen LogP contribution in [0, 0.1) is 0 Å². The van der Waals surface area contributed by atoms with Crippen LogP contribution in [-0.4, -0.2) is 72.2 Å². The van der Waals surface area contributed by atoms with E-state index in [1.54, 1.807) is 29.2 Å². The van der Waals surface area contributed by atoms with Crippen LogP contribution in [0.2, 0.25) is 0 Å². The van der Waals surface area contributed by atoms with Crippen LogP contribution in [0.1, 0.15) is 48.0 Å². The third-order valence-electron chi connectivity index (χ3n) is 7.19. The Bertz CT molecular complexity index is 1180. The molecule has 0 bridgehead atoms. The fourth-order valence-electron chi connectivity index (χ4n) is 5.18. The van der Waals surface area contributed by atoms with E-state index in [4.69, 9.17) is 4.99 Å². The largest absolute Gasteiger partial charge is 0.383 e. The molecule has 37 heavy (non-hydrogen) atoms. The van der Waals surface area contributed by atoms with Crippen molar-refractivity contribution in [2.24, 2.45) is 4.99 Å². The first kappa shape index (κ1) is 24.8. The minimum atomic E-state index is -0.683. The lowest BCUT2D eigenvalue weighted by Crippen LogP contribution is -2.45. The first-order valence-electron chi connectivity index (χ1n) is 13.2. The second-order valence-electron chi connectivity index (χ2n) is 9.80. The number of nitrogens with zero attached hydrogens (tertiary/aromatic N) is 3. The number of nitrogens with one attached hydrogen (secondary N) is 3. The average Bonchev–Trinajstić information content (AvgIpc) is 3.60. The molecule has 3 amide bonds. The van der Waals surface area contributed by atoms with E-state index in [1.165, 1.54) is 5.56 Å². The summed E-state index contributed by atoms with van der Waals surface area (Å²) in [6, 6.07) is 14.2. The Morgan fingerprint density at radius 1 is 0.973 bits per heavy atom. The van der Waals surface area contributed by atoms with Crippen molar-refractivity contribution in [3.05, 3.63) is 59.7 Å². The van der Waals surface area contributed by atoms with Crippen LogP contribution in [0.4, 0.5) is 11.4 Å². The van der Waals surface area contributed by atoms with E-state index in [2.05, 4.69) is 22.0 Å². The summed E-state index contributed by atoms with van der Waals surface area (Å²) in [6.07, 6.45) is 5.15. The molecule has 0 spiro atoms. The van der Waals surface area contributed by atoms with Gasteiger partial charge in [0.25, 0.3) is 5.91 Å². The average molecular weight is 503 g/mol. The topological polar surface area (TPSA) is 106 Å². The first-order valence-corrected chi connectivity index (χ1v) is 13.2. The number of likely N-dealkylation sites (tertiary alicyclic amines) is 2. The summed E-state index contributed by atoms with van der Waals surface area (Å²) >= 11 is 0. The fourth-order valence-corrected chi connectivity index (χ4v) is 5.18. The number of hydrogen-bond donors (Lipinski definition) is 3. The third-order valence-corrected chi connectivity index (χ3v) is 7.19. The fraction of sp³-hybridized carbons (Fsp3) is 0.429. The van der Waals surface area contributed by atoms with E-state index < -0.39 is 6.04 Å².